The molecule has 2 nitrogen and oxygen atoms in total. The lowest BCUT2D eigenvalue weighted by Crippen LogP contribution is -2.19. The van der Waals surface area contributed by atoms with Gasteiger partial charge in [0.1, 0.15) is 5.69 Å². The van der Waals surface area contributed by atoms with Crippen LogP contribution in [0.3, 0.4) is 0 Å². The van der Waals surface area contributed by atoms with E-state index in [-0.39, 0.29) is 0 Å². The van der Waals surface area contributed by atoms with Gasteiger partial charge in [0.25, 0.3) is 6.43 Å². The number of hydrogen-bond acceptors (Lipinski definition) is 1. The Morgan fingerprint density at radius 1 is 1.27 bits per heavy atom. The second-order valence-electron chi connectivity index (χ2n) is 2.82. The van der Waals surface area contributed by atoms with Crippen molar-refractivity contribution in [1.82, 2.24) is 9.78 Å². The van der Waals surface area contributed by atoms with Gasteiger partial charge >= 0.3 is 6.18 Å². The zero-order chi connectivity index (χ0) is 11.8. The highest BCUT2D eigenvalue weighted by Crippen LogP contribution is 2.36. The lowest BCUT2D eigenvalue weighted by Gasteiger charge is -2.11. The smallest absolute Gasteiger partial charge is 0.269 e. The van der Waals surface area contributed by atoms with Crippen LogP contribution in [0.25, 0.3) is 0 Å². The summed E-state index contributed by atoms with van der Waals surface area (Å²) < 4.78 is 73.1. The van der Waals surface area contributed by atoms with Gasteiger partial charge in [0.05, 0.1) is 5.69 Å². The van der Waals surface area contributed by atoms with Gasteiger partial charge in [-0.3, -0.25) is 4.68 Å². The summed E-state index contributed by atoms with van der Waals surface area (Å²) in [6.07, 6.45) is -11.4. The minimum Gasteiger partial charge on any atom is -0.269 e. The molecule has 1 aromatic rings. The monoisotopic (exact) mass is 232 g/mol. The summed E-state index contributed by atoms with van der Waals surface area (Å²) in [5.74, 6) is 0. The topological polar surface area (TPSA) is 17.8 Å². The highest BCUT2D eigenvalue weighted by atomic mass is 19.4. The van der Waals surface area contributed by atoms with Gasteiger partial charge in [-0.05, 0) is 6.07 Å². The molecular weight excluding hydrogens is 226 g/mol. The molecule has 0 bridgehead atoms. The normalized spacial score (nSPS) is 14.7. The molecule has 1 aromatic heterocycles. The fraction of sp³-hybridized carbons (Fsp3) is 0.571. The Labute approximate surface area is 80.5 Å². The Kier molecular flexibility index (Phi) is 2.96. The van der Waals surface area contributed by atoms with Crippen LogP contribution in [0, 0.1) is 0 Å². The average Bonchev–Trinajstić information content (AvgIpc) is 2.44. The Hall–Kier alpha value is -1.21. The SMILES string of the molecule is Cn1nc(C(F)F)cc1C(F)C(F)(F)F. The van der Waals surface area contributed by atoms with E-state index in [0.29, 0.717) is 10.7 Å². The Balaban J connectivity index is 3.05. The van der Waals surface area contributed by atoms with E-state index in [1.54, 1.807) is 0 Å². The summed E-state index contributed by atoms with van der Waals surface area (Å²) >= 11 is 0. The van der Waals surface area contributed by atoms with Crippen molar-refractivity contribution in [3.63, 3.8) is 0 Å². The van der Waals surface area contributed by atoms with Crippen LogP contribution < -0.4 is 0 Å². The van der Waals surface area contributed by atoms with Crippen LogP contribution in [0.4, 0.5) is 26.3 Å². The summed E-state index contributed by atoms with van der Waals surface area (Å²) in [4.78, 5) is 0. The first kappa shape index (κ1) is 11.9. The summed E-state index contributed by atoms with van der Waals surface area (Å²) in [7, 11) is 0.972. The second-order valence-corrected chi connectivity index (χ2v) is 2.82. The molecule has 0 aromatic carbocycles. The molecular formula is C7H6F6N2. The third-order valence-electron chi connectivity index (χ3n) is 1.71. The average molecular weight is 232 g/mol. The first-order valence-electron chi connectivity index (χ1n) is 3.76. The summed E-state index contributed by atoms with van der Waals surface area (Å²) in [6, 6.07) is 0.406. The predicted molar refractivity (Wildman–Crippen MR) is 38.1 cm³/mol. The molecule has 0 aliphatic rings. The molecule has 15 heavy (non-hydrogen) atoms. The molecule has 0 fully saturated rings. The van der Waals surface area contributed by atoms with Gasteiger partial charge in [0.2, 0.25) is 6.17 Å². The summed E-state index contributed by atoms with van der Waals surface area (Å²) in [6.45, 7) is 0. The van der Waals surface area contributed by atoms with Crippen LogP contribution in [0.2, 0.25) is 0 Å². The fourth-order valence-electron chi connectivity index (χ4n) is 1.02. The van der Waals surface area contributed by atoms with Gasteiger partial charge in [-0.15, -0.1) is 0 Å². The van der Waals surface area contributed by atoms with Crippen molar-refractivity contribution in [2.45, 2.75) is 18.8 Å². The predicted octanol–water partition coefficient (Wildman–Crippen LogP) is 2.93. The molecule has 1 unspecified atom stereocenters. The number of aryl methyl sites for hydroxylation is 1. The number of aromatic nitrogens is 2. The Bertz CT molecular complexity index is 342. The van der Waals surface area contributed by atoms with Crippen LogP contribution in [0.1, 0.15) is 24.0 Å². The second kappa shape index (κ2) is 3.74. The molecule has 0 spiro atoms. The molecule has 0 saturated heterocycles. The van der Waals surface area contributed by atoms with Crippen LogP contribution in [-0.4, -0.2) is 16.0 Å². The first-order valence-corrected chi connectivity index (χ1v) is 3.76. The van der Waals surface area contributed by atoms with E-state index >= 15 is 0 Å². The minimum absolute atomic E-state index is 0.406. The number of nitrogens with zero attached hydrogens (tertiary/aromatic N) is 2. The summed E-state index contributed by atoms with van der Waals surface area (Å²) in [5, 5.41) is 3.07. The van der Waals surface area contributed by atoms with Gasteiger partial charge in [0.15, 0.2) is 0 Å². The van der Waals surface area contributed by atoms with Crippen molar-refractivity contribution in [3.8, 4) is 0 Å². The van der Waals surface area contributed by atoms with Crippen LogP contribution >= 0.6 is 0 Å². The molecule has 0 aliphatic carbocycles. The van der Waals surface area contributed by atoms with Crippen molar-refractivity contribution < 1.29 is 26.3 Å². The number of hydrogen-bond donors (Lipinski definition) is 0. The van der Waals surface area contributed by atoms with E-state index in [2.05, 4.69) is 5.10 Å². The van der Waals surface area contributed by atoms with Gasteiger partial charge < -0.3 is 0 Å². The molecule has 0 radical (unpaired) electrons. The van der Waals surface area contributed by atoms with E-state index < -0.39 is 30.2 Å². The maximum absolute atomic E-state index is 12.7. The maximum atomic E-state index is 12.7. The molecule has 0 aliphatic heterocycles. The number of alkyl halides is 6. The van der Waals surface area contributed by atoms with Crippen molar-refractivity contribution in [1.29, 1.82) is 0 Å². The highest BCUT2D eigenvalue weighted by molar-refractivity contribution is 5.15. The van der Waals surface area contributed by atoms with Crippen molar-refractivity contribution in [2.24, 2.45) is 7.05 Å². The van der Waals surface area contributed by atoms with Gasteiger partial charge in [-0.1, -0.05) is 0 Å². The van der Waals surface area contributed by atoms with E-state index in [1.807, 2.05) is 0 Å². The van der Waals surface area contributed by atoms with Gasteiger partial charge in [0, 0.05) is 7.05 Å². The van der Waals surface area contributed by atoms with E-state index in [0.717, 1.165) is 7.05 Å². The number of halogens is 6. The Morgan fingerprint density at radius 2 is 1.80 bits per heavy atom. The summed E-state index contributed by atoms with van der Waals surface area (Å²) in [5.41, 5.74) is -1.81. The molecule has 0 saturated carbocycles. The van der Waals surface area contributed by atoms with Gasteiger partial charge in [-0.2, -0.15) is 18.3 Å². The molecule has 8 heteroatoms. The standard InChI is InChI=1S/C7H6F6N2/c1-15-4(5(8)7(11,12)13)2-3(14-15)6(9)10/h2,5-6H,1H3. The Morgan fingerprint density at radius 3 is 2.13 bits per heavy atom. The molecule has 1 atom stereocenters. The first-order chi connectivity index (χ1) is 6.73. The lowest BCUT2D eigenvalue weighted by atomic mass is 10.2. The van der Waals surface area contributed by atoms with E-state index in [9.17, 15) is 26.3 Å². The van der Waals surface area contributed by atoms with Crippen LogP contribution in [0.15, 0.2) is 6.07 Å². The quantitative estimate of drug-likeness (QED) is 0.717. The third kappa shape index (κ3) is 2.42. The lowest BCUT2D eigenvalue weighted by molar-refractivity contribution is -0.184. The fourth-order valence-corrected chi connectivity index (χ4v) is 1.02. The van der Waals surface area contributed by atoms with Gasteiger partial charge in [-0.25, -0.2) is 13.2 Å². The third-order valence-corrected chi connectivity index (χ3v) is 1.71. The maximum Gasteiger partial charge on any atom is 0.425 e. The minimum atomic E-state index is -5.12. The number of rotatable bonds is 2. The molecule has 1 rings (SSSR count). The van der Waals surface area contributed by atoms with Crippen molar-refractivity contribution in [3.05, 3.63) is 17.5 Å². The highest BCUT2D eigenvalue weighted by Gasteiger charge is 2.43. The van der Waals surface area contributed by atoms with Crippen molar-refractivity contribution in [2.75, 3.05) is 0 Å². The van der Waals surface area contributed by atoms with E-state index in [4.69, 9.17) is 0 Å². The largest absolute Gasteiger partial charge is 0.425 e. The van der Waals surface area contributed by atoms with Crippen LogP contribution in [0.5, 0.6) is 0 Å². The molecule has 0 N–H and O–H groups in total. The van der Waals surface area contributed by atoms with Crippen molar-refractivity contribution >= 4 is 0 Å². The molecule has 1 heterocycles. The van der Waals surface area contributed by atoms with E-state index in [1.165, 1.54) is 0 Å². The van der Waals surface area contributed by atoms with Crippen LogP contribution in [-0.2, 0) is 7.05 Å². The molecule has 0 amide bonds. The zero-order valence-corrected chi connectivity index (χ0v) is 7.39. The zero-order valence-electron chi connectivity index (χ0n) is 7.39. The molecule has 86 valence electrons.